The van der Waals surface area contributed by atoms with Crippen molar-refractivity contribution in [3.63, 3.8) is 0 Å². The molecule has 1 aliphatic carbocycles. The van der Waals surface area contributed by atoms with E-state index in [1.807, 2.05) is 24.3 Å². The van der Waals surface area contributed by atoms with Gasteiger partial charge in [-0.05, 0) is 62.4 Å². The van der Waals surface area contributed by atoms with Gasteiger partial charge in [0.2, 0.25) is 10.0 Å². The number of aromatic nitrogens is 3. The van der Waals surface area contributed by atoms with Gasteiger partial charge >= 0.3 is 0 Å². The molecule has 2 fully saturated rings. The third-order valence-corrected chi connectivity index (χ3v) is 8.17. The van der Waals surface area contributed by atoms with Gasteiger partial charge in [0.25, 0.3) is 0 Å². The molecule has 1 saturated heterocycles. The normalized spacial score (nSPS) is 21.4. The molecule has 3 heterocycles. The number of sulfonamides is 1. The molecule has 170 valence electrons. The Bertz CT molecular complexity index is 1230. The summed E-state index contributed by atoms with van der Waals surface area (Å²) in [6.07, 6.45) is 7.32. The SMILES string of the molecule is CCS(=O)(=O)NCc1cccc(-c2cn(C3CC(CN4CCC4)C3)c3ncnc(N)c23)c1. The molecule has 0 bridgehead atoms. The van der Waals surface area contributed by atoms with Gasteiger partial charge in [0.15, 0.2) is 0 Å². The fourth-order valence-electron chi connectivity index (χ4n) is 4.76. The summed E-state index contributed by atoms with van der Waals surface area (Å²) >= 11 is 0. The number of nitrogens with two attached hydrogens (primary N) is 1. The molecule has 1 saturated carbocycles. The number of nitrogen functional groups attached to an aromatic ring is 1. The smallest absolute Gasteiger partial charge is 0.211 e. The maximum atomic E-state index is 11.8. The number of likely N-dealkylation sites (tertiary alicyclic amines) is 1. The average molecular weight is 455 g/mol. The van der Waals surface area contributed by atoms with Crippen LogP contribution in [0.4, 0.5) is 5.82 Å². The van der Waals surface area contributed by atoms with Crippen LogP contribution in [0.3, 0.4) is 0 Å². The molecule has 0 radical (unpaired) electrons. The van der Waals surface area contributed by atoms with Crippen LogP contribution in [0.15, 0.2) is 36.8 Å². The van der Waals surface area contributed by atoms with Gasteiger partial charge < -0.3 is 15.2 Å². The minimum atomic E-state index is -3.25. The lowest BCUT2D eigenvalue weighted by atomic mass is 9.79. The first-order valence-corrected chi connectivity index (χ1v) is 13.0. The van der Waals surface area contributed by atoms with Gasteiger partial charge in [0.05, 0.1) is 11.1 Å². The second-order valence-electron chi connectivity index (χ2n) is 8.98. The van der Waals surface area contributed by atoms with Crippen LogP contribution in [-0.4, -0.2) is 53.2 Å². The lowest BCUT2D eigenvalue weighted by Crippen LogP contribution is -2.43. The van der Waals surface area contributed by atoms with E-state index in [-0.39, 0.29) is 12.3 Å². The highest BCUT2D eigenvalue weighted by Crippen LogP contribution is 2.43. The van der Waals surface area contributed by atoms with Gasteiger partial charge in [-0.2, -0.15) is 0 Å². The number of benzene rings is 1. The predicted molar refractivity (Wildman–Crippen MR) is 126 cm³/mol. The van der Waals surface area contributed by atoms with Gasteiger partial charge in [0.1, 0.15) is 17.8 Å². The van der Waals surface area contributed by atoms with Gasteiger partial charge in [-0.3, -0.25) is 0 Å². The molecular formula is C23H30N6O2S. The van der Waals surface area contributed by atoms with Crippen molar-refractivity contribution in [2.75, 3.05) is 31.1 Å². The van der Waals surface area contributed by atoms with E-state index in [9.17, 15) is 8.42 Å². The van der Waals surface area contributed by atoms with Crippen molar-refractivity contribution in [3.05, 3.63) is 42.4 Å². The Kier molecular flexibility index (Phi) is 5.65. The minimum Gasteiger partial charge on any atom is -0.383 e. The highest BCUT2D eigenvalue weighted by Gasteiger charge is 2.34. The standard InChI is InChI=1S/C23H30N6O2S/c1-2-32(30,31)27-12-16-5-3-6-18(9-16)20-14-29(23-21(20)22(24)25-15-26-23)19-10-17(11-19)13-28-7-4-8-28/h3,5-6,9,14-15,17,19,27H,2,4,7-8,10-13H2,1H3,(H2,24,25,26). The first kappa shape index (κ1) is 21.4. The molecule has 5 rings (SSSR count). The van der Waals surface area contributed by atoms with Gasteiger partial charge in [-0.25, -0.2) is 23.1 Å². The number of hydrogen-bond donors (Lipinski definition) is 2. The Hall–Kier alpha value is -2.49. The van der Waals surface area contributed by atoms with Gasteiger partial charge in [-0.15, -0.1) is 0 Å². The van der Waals surface area contributed by atoms with Crippen LogP contribution >= 0.6 is 0 Å². The first-order chi connectivity index (χ1) is 15.4. The van der Waals surface area contributed by atoms with E-state index < -0.39 is 10.0 Å². The molecule has 3 N–H and O–H groups in total. The maximum Gasteiger partial charge on any atom is 0.211 e. The van der Waals surface area contributed by atoms with Crippen LogP contribution in [0.1, 0.15) is 37.8 Å². The molecule has 1 aromatic carbocycles. The summed E-state index contributed by atoms with van der Waals surface area (Å²) in [5, 5.41) is 0.866. The molecule has 9 heteroatoms. The second kappa shape index (κ2) is 8.46. The highest BCUT2D eigenvalue weighted by molar-refractivity contribution is 7.89. The zero-order valence-electron chi connectivity index (χ0n) is 18.4. The van der Waals surface area contributed by atoms with Crippen molar-refractivity contribution in [2.24, 2.45) is 5.92 Å². The lowest BCUT2D eigenvalue weighted by molar-refractivity contribution is 0.0921. The number of anilines is 1. The van der Waals surface area contributed by atoms with Crippen molar-refractivity contribution in [1.82, 2.24) is 24.2 Å². The number of fused-ring (bicyclic) bond motifs is 1. The molecule has 1 aliphatic heterocycles. The van der Waals surface area contributed by atoms with Crippen molar-refractivity contribution < 1.29 is 8.42 Å². The van der Waals surface area contributed by atoms with Gasteiger partial charge in [0, 0.05) is 30.9 Å². The number of hydrogen-bond acceptors (Lipinski definition) is 6. The first-order valence-electron chi connectivity index (χ1n) is 11.3. The quantitative estimate of drug-likeness (QED) is 0.542. The zero-order valence-corrected chi connectivity index (χ0v) is 19.2. The van der Waals surface area contributed by atoms with E-state index in [1.54, 1.807) is 6.92 Å². The average Bonchev–Trinajstić information content (AvgIpc) is 3.11. The summed E-state index contributed by atoms with van der Waals surface area (Å²) in [5.41, 5.74) is 10.0. The molecule has 0 spiro atoms. The molecule has 2 aromatic heterocycles. The summed E-state index contributed by atoms with van der Waals surface area (Å²) in [4.78, 5) is 11.4. The van der Waals surface area contributed by atoms with Crippen LogP contribution in [-0.2, 0) is 16.6 Å². The van der Waals surface area contributed by atoms with Gasteiger partial charge in [-0.1, -0.05) is 18.2 Å². The molecular weight excluding hydrogens is 424 g/mol. The van der Waals surface area contributed by atoms with Crippen molar-refractivity contribution in [3.8, 4) is 11.1 Å². The molecule has 2 aliphatic rings. The molecule has 0 amide bonds. The minimum absolute atomic E-state index is 0.0637. The summed E-state index contributed by atoms with van der Waals surface area (Å²) in [5.74, 6) is 1.28. The topological polar surface area (TPSA) is 106 Å². The van der Waals surface area contributed by atoms with Crippen LogP contribution in [0.2, 0.25) is 0 Å². The van der Waals surface area contributed by atoms with E-state index in [0.717, 1.165) is 46.5 Å². The van der Waals surface area contributed by atoms with Crippen LogP contribution in [0.5, 0.6) is 0 Å². The van der Waals surface area contributed by atoms with Crippen LogP contribution in [0.25, 0.3) is 22.2 Å². The third kappa shape index (κ3) is 4.12. The lowest BCUT2D eigenvalue weighted by Gasteiger charge is -2.42. The van der Waals surface area contributed by atoms with E-state index in [2.05, 4.69) is 30.4 Å². The zero-order chi connectivity index (χ0) is 22.3. The molecule has 0 atom stereocenters. The number of rotatable bonds is 8. The fraction of sp³-hybridized carbons (Fsp3) is 0.478. The number of nitrogens with one attached hydrogen (secondary N) is 1. The predicted octanol–water partition coefficient (Wildman–Crippen LogP) is 2.78. The number of nitrogens with zero attached hydrogens (tertiary/aromatic N) is 4. The Morgan fingerprint density at radius 3 is 2.75 bits per heavy atom. The van der Waals surface area contributed by atoms with E-state index >= 15 is 0 Å². The van der Waals surface area contributed by atoms with E-state index in [4.69, 9.17) is 5.73 Å². The second-order valence-corrected chi connectivity index (χ2v) is 11.1. The Labute approximate surface area is 188 Å². The van der Waals surface area contributed by atoms with Crippen LogP contribution in [0, 0.1) is 5.92 Å². The molecule has 0 unspecified atom stereocenters. The van der Waals surface area contributed by atoms with Crippen molar-refractivity contribution in [1.29, 1.82) is 0 Å². The third-order valence-electron chi connectivity index (χ3n) is 6.82. The van der Waals surface area contributed by atoms with Crippen molar-refractivity contribution >= 4 is 26.9 Å². The summed E-state index contributed by atoms with van der Waals surface area (Å²) in [6.45, 7) is 5.58. The van der Waals surface area contributed by atoms with E-state index in [0.29, 0.717) is 11.9 Å². The van der Waals surface area contributed by atoms with E-state index in [1.165, 1.54) is 32.4 Å². The molecule has 3 aromatic rings. The highest BCUT2D eigenvalue weighted by atomic mass is 32.2. The summed E-state index contributed by atoms with van der Waals surface area (Å²) in [7, 11) is -3.25. The Morgan fingerprint density at radius 1 is 1.22 bits per heavy atom. The van der Waals surface area contributed by atoms with Crippen LogP contribution < -0.4 is 10.5 Å². The fourth-order valence-corrected chi connectivity index (χ4v) is 5.35. The largest absolute Gasteiger partial charge is 0.383 e. The maximum absolute atomic E-state index is 11.8. The summed E-state index contributed by atoms with van der Waals surface area (Å²) in [6, 6.07) is 8.33. The van der Waals surface area contributed by atoms with Crippen molar-refractivity contribution in [2.45, 2.75) is 38.8 Å². The monoisotopic (exact) mass is 454 g/mol. The molecule has 32 heavy (non-hydrogen) atoms. The Balaban J connectivity index is 1.43. The molecule has 8 nitrogen and oxygen atoms in total. The Morgan fingerprint density at radius 2 is 2.03 bits per heavy atom. The summed E-state index contributed by atoms with van der Waals surface area (Å²) < 4.78 is 28.6.